The first kappa shape index (κ1) is 13.3. The van der Waals surface area contributed by atoms with E-state index in [2.05, 4.69) is 33.2 Å². The minimum Gasteiger partial charge on any atom is -0.356 e. The summed E-state index contributed by atoms with van der Waals surface area (Å²) in [5.41, 5.74) is 1.05. The minimum absolute atomic E-state index is 0.799. The predicted molar refractivity (Wildman–Crippen MR) is 74.9 cm³/mol. The Morgan fingerprint density at radius 1 is 1.33 bits per heavy atom. The highest BCUT2D eigenvalue weighted by Gasteiger charge is 2.17. The lowest BCUT2D eigenvalue weighted by Crippen LogP contribution is -2.37. The van der Waals surface area contributed by atoms with Gasteiger partial charge in [-0.15, -0.1) is 0 Å². The van der Waals surface area contributed by atoms with Gasteiger partial charge < -0.3 is 10.2 Å². The maximum Gasteiger partial charge on any atom is 0.132 e. The summed E-state index contributed by atoms with van der Waals surface area (Å²) < 4.78 is 0. The van der Waals surface area contributed by atoms with E-state index in [9.17, 15) is 0 Å². The second-order valence-electron chi connectivity index (χ2n) is 5.16. The van der Waals surface area contributed by atoms with E-state index in [-0.39, 0.29) is 0 Å². The molecule has 4 nitrogen and oxygen atoms in total. The highest BCUT2D eigenvalue weighted by molar-refractivity contribution is 5.38. The van der Waals surface area contributed by atoms with Crippen LogP contribution in [0.1, 0.15) is 31.9 Å². The molecule has 1 saturated heterocycles. The quantitative estimate of drug-likeness (QED) is 0.865. The van der Waals surface area contributed by atoms with Crippen molar-refractivity contribution in [3.05, 3.63) is 18.1 Å². The molecule has 0 amide bonds. The van der Waals surface area contributed by atoms with Crippen LogP contribution in [0, 0.1) is 12.8 Å². The molecular formula is C14H24N4. The molecule has 0 radical (unpaired) electrons. The van der Waals surface area contributed by atoms with Crippen molar-refractivity contribution >= 4 is 5.82 Å². The SMILES string of the molecule is CCCN(CC1CCNCC1)c1cc(C)ncn1. The van der Waals surface area contributed by atoms with Gasteiger partial charge in [-0.05, 0) is 45.2 Å². The van der Waals surface area contributed by atoms with Gasteiger partial charge in [0.05, 0.1) is 0 Å². The Hall–Kier alpha value is -1.16. The molecule has 1 aliphatic rings. The van der Waals surface area contributed by atoms with Crippen molar-refractivity contribution in [1.29, 1.82) is 0 Å². The lowest BCUT2D eigenvalue weighted by atomic mass is 9.97. The Labute approximate surface area is 110 Å². The number of nitrogens with one attached hydrogen (secondary N) is 1. The van der Waals surface area contributed by atoms with Gasteiger partial charge in [-0.2, -0.15) is 0 Å². The Morgan fingerprint density at radius 3 is 2.78 bits per heavy atom. The minimum atomic E-state index is 0.799. The standard InChI is InChI=1S/C14H24N4/c1-3-8-18(10-13-4-6-15-7-5-13)14-9-12(2)16-11-17-14/h9,11,13,15H,3-8,10H2,1-2H3. The molecule has 0 aromatic carbocycles. The number of aromatic nitrogens is 2. The van der Waals surface area contributed by atoms with Crippen LogP contribution in [0.5, 0.6) is 0 Å². The molecule has 1 aromatic heterocycles. The number of nitrogens with zero attached hydrogens (tertiary/aromatic N) is 3. The molecule has 2 rings (SSSR count). The van der Waals surface area contributed by atoms with Crippen LogP contribution in [0.25, 0.3) is 0 Å². The van der Waals surface area contributed by atoms with Crippen LogP contribution < -0.4 is 10.2 Å². The van der Waals surface area contributed by atoms with Crippen LogP contribution >= 0.6 is 0 Å². The Morgan fingerprint density at radius 2 is 2.11 bits per heavy atom. The van der Waals surface area contributed by atoms with E-state index in [1.165, 1.54) is 12.8 Å². The summed E-state index contributed by atoms with van der Waals surface area (Å²) in [6, 6.07) is 2.09. The summed E-state index contributed by atoms with van der Waals surface area (Å²) in [6.07, 6.45) is 5.40. The number of hydrogen-bond donors (Lipinski definition) is 1. The van der Waals surface area contributed by atoms with Crippen molar-refractivity contribution in [1.82, 2.24) is 15.3 Å². The van der Waals surface area contributed by atoms with Gasteiger partial charge in [0.15, 0.2) is 0 Å². The Kier molecular flexibility index (Phi) is 4.93. The number of piperidine rings is 1. The van der Waals surface area contributed by atoms with Gasteiger partial charge in [-0.3, -0.25) is 0 Å². The molecule has 1 aliphatic heterocycles. The van der Waals surface area contributed by atoms with Crippen LogP contribution in [0.3, 0.4) is 0 Å². The summed E-state index contributed by atoms with van der Waals surface area (Å²) in [7, 11) is 0. The fourth-order valence-corrected chi connectivity index (χ4v) is 2.56. The van der Waals surface area contributed by atoms with Crippen molar-refractivity contribution < 1.29 is 0 Å². The molecule has 0 spiro atoms. The van der Waals surface area contributed by atoms with Crippen molar-refractivity contribution in [2.24, 2.45) is 5.92 Å². The summed E-state index contributed by atoms with van der Waals surface area (Å²) in [6.45, 7) is 8.79. The van der Waals surface area contributed by atoms with Crippen LogP contribution in [0.4, 0.5) is 5.82 Å². The monoisotopic (exact) mass is 248 g/mol. The highest BCUT2D eigenvalue weighted by Crippen LogP contribution is 2.18. The first-order valence-electron chi connectivity index (χ1n) is 7.04. The van der Waals surface area contributed by atoms with E-state index in [1.54, 1.807) is 6.33 Å². The van der Waals surface area contributed by atoms with Crippen LogP contribution in [-0.2, 0) is 0 Å². The van der Waals surface area contributed by atoms with E-state index >= 15 is 0 Å². The molecule has 100 valence electrons. The topological polar surface area (TPSA) is 41.0 Å². The maximum absolute atomic E-state index is 4.42. The smallest absolute Gasteiger partial charge is 0.132 e. The van der Waals surface area contributed by atoms with Gasteiger partial charge in [-0.1, -0.05) is 6.92 Å². The highest BCUT2D eigenvalue weighted by atomic mass is 15.2. The number of rotatable bonds is 5. The van der Waals surface area contributed by atoms with Crippen LogP contribution in [-0.4, -0.2) is 36.1 Å². The average molecular weight is 248 g/mol. The van der Waals surface area contributed by atoms with Crippen LogP contribution in [0.15, 0.2) is 12.4 Å². The lowest BCUT2D eigenvalue weighted by molar-refractivity contribution is 0.372. The van der Waals surface area contributed by atoms with Gasteiger partial charge >= 0.3 is 0 Å². The van der Waals surface area contributed by atoms with Gasteiger partial charge in [0, 0.05) is 24.8 Å². The third-order valence-electron chi connectivity index (χ3n) is 3.54. The average Bonchev–Trinajstić information content (AvgIpc) is 2.39. The summed E-state index contributed by atoms with van der Waals surface area (Å²) >= 11 is 0. The molecule has 1 aromatic rings. The lowest BCUT2D eigenvalue weighted by Gasteiger charge is -2.30. The molecule has 0 aliphatic carbocycles. The molecule has 0 atom stereocenters. The van der Waals surface area contributed by atoms with Crippen molar-refractivity contribution in [3.8, 4) is 0 Å². The Bertz CT molecular complexity index is 361. The van der Waals surface area contributed by atoms with Crippen LogP contribution in [0.2, 0.25) is 0 Å². The third-order valence-corrected chi connectivity index (χ3v) is 3.54. The van der Waals surface area contributed by atoms with E-state index in [4.69, 9.17) is 0 Å². The third kappa shape index (κ3) is 3.67. The van der Waals surface area contributed by atoms with Crippen molar-refractivity contribution in [2.45, 2.75) is 33.1 Å². The largest absolute Gasteiger partial charge is 0.356 e. The number of hydrogen-bond acceptors (Lipinski definition) is 4. The first-order chi connectivity index (χ1) is 8.79. The molecule has 4 heteroatoms. The van der Waals surface area contributed by atoms with E-state index in [0.717, 1.165) is 50.0 Å². The molecule has 1 N–H and O–H groups in total. The fraction of sp³-hybridized carbons (Fsp3) is 0.714. The maximum atomic E-state index is 4.42. The second kappa shape index (κ2) is 6.69. The van der Waals surface area contributed by atoms with Crippen molar-refractivity contribution in [2.75, 3.05) is 31.1 Å². The van der Waals surface area contributed by atoms with Gasteiger partial charge in [0.2, 0.25) is 0 Å². The summed E-state index contributed by atoms with van der Waals surface area (Å²) in [5, 5.41) is 3.42. The predicted octanol–water partition coefficient (Wildman–Crippen LogP) is 2.00. The van der Waals surface area contributed by atoms with Gasteiger partial charge in [-0.25, -0.2) is 9.97 Å². The van der Waals surface area contributed by atoms with E-state index in [1.807, 2.05) is 6.92 Å². The number of anilines is 1. The number of aryl methyl sites for hydroxylation is 1. The molecule has 18 heavy (non-hydrogen) atoms. The molecule has 0 saturated carbocycles. The fourth-order valence-electron chi connectivity index (χ4n) is 2.56. The zero-order chi connectivity index (χ0) is 12.8. The molecule has 2 heterocycles. The zero-order valence-electron chi connectivity index (χ0n) is 11.5. The molecular weight excluding hydrogens is 224 g/mol. The molecule has 0 bridgehead atoms. The normalized spacial score (nSPS) is 16.8. The summed E-state index contributed by atoms with van der Waals surface area (Å²) in [5.74, 6) is 1.89. The zero-order valence-corrected chi connectivity index (χ0v) is 11.5. The molecule has 1 fully saturated rings. The van der Waals surface area contributed by atoms with Crippen molar-refractivity contribution in [3.63, 3.8) is 0 Å². The summed E-state index contributed by atoms with van der Waals surface area (Å²) in [4.78, 5) is 11.0. The van der Waals surface area contributed by atoms with Gasteiger partial charge in [0.1, 0.15) is 12.1 Å². The second-order valence-corrected chi connectivity index (χ2v) is 5.16. The van der Waals surface area contributed by atoms with Gasteiger partial charge in [0.25, 0.3) is 0 Å². The van der Waals surface area contributed by atoms with E-state index < -0.39 is 0 Å². The first-order valence-corrected chi connectivity index (χ1v) is 7.04. The van der Waals surface area contributed by atoms with E-state index in [0.29, 0.717) is 0 Å². The Balaban J connectivity index is 2.02. The molecule has 0 unspecified atom stereocenters.